The highest BCUT2D eigenvalue weighted by Crippen LogP contribution is 2.42. The Labute approximate surface area is 126 Å². The van der Waals surface area contributed by atoms with Crippen LogP contribution < -0.4 is 0 Å². The van der Waals surface area contributed by atoms with Crippen molar-refractivity contribution in [1.29, 1.82) is 5.26 Å². The number of hydrogen-bond donors (Lipinski definition) is 1. The lowest BCUT2D eigenvalue weighted by Crippen LogP contribution is -2.41. The van der Waals surface area contributed by atoms with Crippen molar-refractivity contribution in [2.24, 2.45) is 11.8 Å². The minimum absolute atomic E-state index is 0.173. The second kappa shape index (κ2) is 7.38. The van der Waals surface area contributed by atoms with E-state index in [4.69, 9.17) is 5.26 Å². The van der Waals surface area contributed by atoms with Crippen molar-refractivity contribution in [2.75, 3.05) is 0 Å². The molecule has 3 heteroatoms. The van der Waals surface area contributed by atoms with Gasteiger partial charge in [0, 0.05) is 6.42 Å². The van der Waals surface area contributed by atoms with Gasteiger partial charge in [0.2, 0.25) is 0 Å². The highest BCUT2D eigenvalue weighted by atomic mass is 16.3. The first kappa shape index (κ1) is 15.7. The fraction of sp³-hybridized carbons (Fsp3) is 0.556. The van der Waals surface area contributed by atoms with E-state index in [1.54, 1.807) is 24.3 Å². The lowest BCUT2D eigenvalue weighted by Gasteiger charge is -2.38. The molecule has 1 N–H and O–H groups in total. The Balaban J connectivity index is 1.94. The average molecular weight is 285 g/mol. The van der Waals surface area contributed by atoms with Crippen molar-refractivity contribution < 1.29 is 9.90 Å². The fourth-order valence-electron chi connectivity index (χ4n) is 3.13. The minimum atomic E-state index is -0.727. The molecule has 1 saturated carbocycles. The quantitative estimate of drug-likeness (QED) is 0.776. The third-order valence-corrected chi connectivity index (χ3v) is 4.49. The SMILES string of the molecule is CCCCCC[C@H]1CC(=O)[C@@H]1[C@@H](O)c1ccc(C#N)cc1. The number of carbonyl (C=O) groups is 1. The minimum Gasteiger partial charge on any atom is -0.388 e. The Hall–Kier alpha value is -1.66. The van der Waals surface area contributed by atoms with Gasteiger partial charge in [-0.3, -0.25) is 4.79 Å². The summed E-state index contributed by atoms with van der Waals surface area (Å²) in [5, 5.41) is 19.2. The van der Waals surface area contributed by atoms with Gasteiger partial charge in [0.1, 0.15) is 5.78 Å². The van der Waals surface area contributed by atoms with E-state index in [0.717, 1.165) is 18.4 Å². The molecule has 0 heterocycles. The number of benzene rings is 1. The van der Waals surface area contributed by atoms with Crippen molar-refractivity contribution in [2.45, 2.75) is 51.6 Å². The standard InChI is InChI=1S/C18H23NO2/c1-2-3-4-5-6-15-11-16(20)17(15)18(21)14-9-7-13(12-19)8-10-14/h7-10,15,17-18,21H,2-6,11H2,1H3/t15-,17+,18-/m0/s1. The van der Waals surface area contributed by atoms with Gasteiger partial charge in [0.05, 0.1) is 23.7 Å². The van der Waals surface area contributed by atoms with Crippen LogP contribution in [-0.4, -0.2) is 10.9 Å². The first-order valence-electron chi connectivity index (χ1n) is 7.88. The summed E-state index contributed by atoms with van der Waals surface area (Å²) in [6.45, 7) is 2.18. The van der Waals surface area contributed by atoms with Crippen LogP contribution in [0.1, 0.15) is 62.7 Å². The molecule has 0 aromatic heterocycles. The molecule has 1 aromatic carbocycles. The molecule has 0 bridgehead atoms. The molecular formula is C18H23NO2. The largest absolute Gasteiger partial charge is 0.388 e. The Morgan fingerprint density at radius 2 is 2.00 bits per heavy atom. The van der Waals surface area contributed by atoms with Gasteiger partial charge >= 0.3 is 0 Å². The lowest BCUT2D eigenvalue weighted by molar-refractivity contribution is -0.141. The van der Waals surface area contributed by atoms with Crippen molar-refractivity contribution in [3.05, 3.63) is 35.4 Å². The first-order valence-corrected chi connectivity index (χ1v) is 7.88. The van der Waals surface area contributed by atoms with Crippen LogP contribution in [0.4, 0.5) is 0 Å². The van der Waals surface area contributed by atoms with E-state index < -0.39 is 6.10 Å². The van der Waals surface area contributed by atoms with Gasteiger partial charge < -0.3 is 5.11 Å². The van der Waals surface area contributed by atoms with Crippen LogP contribution in [0.5, 0.6) is 0 Å². The Morgan fingerprint density at radius 3 is 2.57 bits per heavy atom. The number of hydrogen-bond acceptors (Lipinski definition) is 3. The molecule has 2 rings (SSSR count). The van der Waals surface area contributed by atoms with Crippen LogP contribution in [0.25, 0.3) is 0 Å². The molecule has 0 amide bonds. The number of ketones is 1. The molecule has 0 unspecified atom stereocenters. The zero-order valence-corrected chi connectivity index (χ0v) is 12.6. The van der Waals surface area contributed by atoms with E-state index in [1.807, 2.05) is 0 Å². The molecule has 3 atom stereocenters. The van der Waals surface area contributed by atoms with Crippen LogP contribution in [0.15, 0.2) is 24.3 Å². The maximum atomic E-state index is 11.9. The van der Waals surface area contributed by atoms with E-state index in [2.05, 4.69) is 13.0 Å². The highest BCUT2D eigenvalue weighted by Gasteiger charge is 2.43. The normalized spacial score (nSPS) is 22.4. The van der Waals surface area contributed by atoms with E-state index in [-0.39, 0.29) is 11.7 Å². The second-order valence-electron chi connectivity index (χ2n) is 5.98. The van der Waals surface area contributed by atoms with Gasteiger partial charge in [-0.2, -0.15) is 5.26 Å². The van der Waals surface area contributed by atoms with Gasteiger partial charge in [-0.1, -0.05) is 44.7 Å². The zero-order valence-electron chi connectivity index (χ0n) is 12.6. The van der Waals surface area contributed by atoms with Crippen molar-refractivity contribution in [3.8, 4) is 6.07 Å². The summed E-state index contributed by atoms with van der Waals surface area (Å²) in [4.78, 5) is 11.9. The summed E-state index contributed by atoms with van der Waals surface area (Å²) in [7, 11) is 0. The Kier molecular flexibility index (Phi) is 5.52. The van der Waals surface area contributed by atoms with Gasteiger partial charge in [0.15, 0.2) is 0 Å². The molecule has 21 heavy (non-hydrogen) atoms. The van der Waals surface area contributed by atoms with Gasteiger partial charge in [-0.05, 0) is 30.0 Å². The highest BCUT2D eigenvalue weighted by molar-refractivity contribution is 5.88. The molecule has 3 nitrogen and oxygen atoms in total. The fourth-order valence-corrected chi connectivity index (χ4v) is 3.13. The maximum Gasteiger partial charge on any atom is 0.139 e. The summed E-state index contributed by atoms with van der Waals surface area (Å²) in [6.07, 6.45) is 5.72. The Morgan fingerprint density at radius 1 is 1.29 bits per heavy atom. The number of Topliss-reactive ketones (excluding diaryl/α,β-unsaturated/α-hetero) is 1. The van der Waals surface area contributed by atoms with Gasteiger partial charge in [0.25, 0.3) is 0 Å². The third-order valence-electron chi connectivity index (χ3n) is 4.49. The number of aliphatic hydroxyl groups excluding tert-OH is 1. The molecule has 1 aromatic rings. The number of nitriles is 1. The number of carbonyl (C=O) groups excluding carboxylic acids is 1. The molecule has 0 aliphatic heterocycles. The van der Waals surface area contributed by atoms with Gasteiger partial charge in [-0.15, -0.1) is 0 Å². The molecule has 0 spiro atoms. The van der Waals surface area contributed by atoms with Crippen molar-refractivity contribution in [3.63, 3.8) is 0 Å². The topological polar surface area (TPSA) is 61.1 Å². The molecule has 0 saturated heterocycles. The maximum absolute atomic E-state index is 11.9. The zero-order chi connectivity index (χ0) is 15.2. The molecule has 112 valence electrons. The van der Waals surface area contributed by atoms with Crippen LogP contribution in [-0.2, 0) is 4.79 Å². The summed E-state index contributed by atoms with van der Waals surface area (Å²) in [5.41, 5.74) is 1.31. The van der Waals surface area contributed by atoms with E-state index in [9.17, 15) is 9.90 Å². The monoisotopic (exact) mass is 285 g/mol. The third kappa shape index (κ3) is 3.71. The van der Waals surface area contributed by atoms with E-state index in [1.165, 1.54) is 19.3 Å². The Bertz CT molecular complexity index is 515. The molecular weight excluding hydrogens is 262 g/mol. The number of unbranched alkanes of at least 4 members (excludes halogenated alkanes) is 3. The van der Waals surface area contributed by atoms with Crippen LogP contribution in [0, 0.1) is 23.2 Å². The predicted molar refractivity (Wildman–Crippen MR) is 81.5 cm³/mol. The number of nitrogens with zero attached hydrogens (tertiary/aromatic N) is 1. The van der Waals surface area contributed by atoms with Crippen molar-refractivity contribution in [1.82, 2.24) is 0 Å². The van der Waals surface area contributed by atoms with Crippen LogP contribution in [0.3, 0.4) is 0 Å². The molecule has 1 aliphatic rings. The predicted octanol–water partition coefficient (Wildman–Crippen LogP) is 3.77. The van der Waals surface area contributed by atoms with Crippen molar-refractivity contribution >= 4 is 5.78 Å². The second-order valence-corrected chi connectivity index (χ2v) is 5.98. The first-order chi connectivity index (χ1) is 10.2. The average Bonchev–Trinajstić information content (AvgIpc) is 2.50. The van der Waals surface area contributed by atoms with E-state index >= 15 is 0 Å². The summed E-state index contributed by atoms with van der Waals surface area (Å²) in [6, 6.07) is 8.95. The summed E-state index contributed by atoms with van der Waals surface area (Å²) >= 11 is 0. The lowest BCUT2D eigenvalue weighted by atomic mass is 9.66. The molecule has 1 fully saturated rings. The summed E-state index contributed by atoms with van der Waals surface area (Å²) in [5.74, 6) is 0.243. The number of aliphatic hydroxyl groups is 1. The number of rotatable bonds is 7. The molecule has 0 radical (unpaired) electrons. The van der Waals surface area contributed by atoms with Crippen LogP contribution >= 0.6 is 0 Å². The summed E-state index contributed by atoms with van der Waals surface area (Å²) < 4.78 is 0. The van der Waals surface area contributed by atoms with Crippen LogP contribution in [0.2, 0.25) is 0 Å². The molecule has 1 aliphatic carbocycles. The van der Waals surface area contributed by atoms with Gasteiger partial charge in [-0.25, -0.2) is 0 Å². The van der Waals surface area contributed by atoms with E-state index in [0.29, 0.717) is 17.9 Å². The smallest absolute Gasteiger partial charge is 0.139 e.